The van der Waals surface area contributed by atoms with Gasteiger partial charge in [0.15, 0.2) is 0 Å². The van der Waals surface area contributed by atoms with E-state index < -0.39 is 5.97 Å². The number of hydrogen-bond donors (Lipinski definition) is 0. The quantitative estimate of drug-likeness (QED) is 0.729. The highest BCUT2D eigenvalue weighted by Crippen LogP contribution is 2.29. The van der Waals surface area contributed by atoms with Crippen molar-refractivity contribution >= 4 is 5.97 Å². The Morgan fingerprint density at radius 1 is 1.33 bits per heavy atom. The van der Waals surface area contributed by atoms with Crippen LogP contribution in [0.25, 0.3) is 0 Å². The van der Waals surface area contributed by atoms with Gasteiger partial charge in [0.1, 0.15) is 12.4 Å². The van der Waals surface area contributed by atoms with Gasteiger partial charge in [0.25, 0.3) is 0 Å². The van der Waals surface area contributed by atoms with Crippen LogP contribution in [-0.2, 0) is 17.6 Å². The second kappa shape index (κ2) is 4.34. The Morgan fingerprint density at radius 3 is 2.93 bits per heavy atom. The van der Waals surface area contributed by atoms with Gasteiger partial charge in [0.05, 0.1) is 5.97 Å². The van der Waals surface area contributed by atoms with Crippen LogP contribution in [0.5, 0.6) is 5.75 Å². The molecule has 0 radical (unpaired) electrons. The van der Waals surface area contributed by atoms with Crippen LogP contribution in [0.2, 0.25) is 0 Å². The standard InChI is InChI=1S/C12H14O3/c13-12(14)8-15-11-7-3-5-9-4-1-2-6-10(9)11/h3,5,7H,1-2,4,6,8H2,(H,13,14)/p-1. The Balaban J connectivity index is 2.19. The normalized spacial score (nSPS) is 14.4. The third-order valence-corrected chi connectivity index (χ3v) is 2.70. The van der Waals surface area contributed by atoms with Crippen LogP contribution >= 0.6 is 0 Å². The molecule has 0 unspecified atom stereocenters. The van der Waals surface area contributed by atoms with Crippen LogP contribution in [0.15, 0.2) is 18.2 Å². The minimum atomic E-state index is -1.18. The molecule has 0 spiro atoms. The van der Waals surface area contributed by atoms with Crippen molar-refractivity contribution < 1.29 is 14.6 Å². The first-order valence-corrected chi connectivity index (χ1v) is 5.21. The number of carboxylic acid groups (broad SMARTS) is 1. The summed E-state index contributed by atoms with van der Waals surface area (Å²) >= 11 is 0. The monoisotopic (exact) mass is 205 g/mol. The maximum absolute atomic E-state index is 10.3. The number of rotatable bonds is 3. The molecule has 0 atom stereocenters. The number of hydrogen-bond acceptors (Lipinski definition) is 3. The van der Waals surface area contributed by atoms with E-state index in [1.54, 1.807) is 0 Å². The lowest BCUT2D eigenvalue weighted by Crippen LogP contribution is -2.29. The molecule has 2 rings (SSSR count). The number of carbonyl (C=O) groups is 1. The summed E-state index contributed by atoms with van der Waals surface area (Å²) in [5.41, 5.74) is 2.46. The molecule has 1 aliphatic carbocycles. The van der Waals surface area contributed by atoms with E-state index in [9.17, 15) is 9.90 Å². The topological polar surface area (TPSA) is 49.4 Å². The minimum Gasteiger partial charge on any atom is -0.546 e. The van der Waals surface area contributed by atoms with Gasteiger partial charge in [-0.1, -0.05) is 12.1 Å². The highest BCUT2D eigenvalue weighted by molar-refractivity contribution is 5.66. The van der Waals surface area contributed by atoms with Crippen molar-refractivity contribution in [1.29, 1.82) is 0 Å². The Labute approximate surface area is 88.7 Å². The van der Waals surface area contributed by atoms with Crippen LogP contribution in [0.3, 0.4) is 0 Å². The largest absolute Gasteiger partial charge is 0.546 e. The van der Waals surface area contributed by atoms with E-state index in [1.165, 1.54) is 17.5 Å². The fourth-order valence-electron chi connectivity index (χ4n) is 2.02. The molecular formula is C12H13O3-. The molecule has 0 N–H and O–H groups in total. The first-order chi connectivity index (χ1) is 7.27. The van der Waals surface area contributed by atoms with Crippen molar-refractivity contribution in [2.45, 2.75) is 25.7 Å². The maximum atomic E-state index is 10.3. The fraction of sp³-hybridized carbons (Fsp3) is 0.417. The van der Waals surface area contributed by atoms with Crippen LogP contribution < -0.4 is 9.84 Å². The van der Waals surface area contributed by atoms with E-state index in [1.807, 2.05) is 12.1 Å². The number of carboxylic acids is 1. The molecule has 0 fully saturated rings. The van der Waals surface area contributed by atoms with Gasteiger partial charge in [-0.2, -0.15) is 0 Å². The van der Waals surface area contributed by atoms with Gasteiger partial charge in [0.2, 0.25) is 0 Å². The number of aryl methyl sites for hydroxylation is 1. The summed E-state index contributed by atoms with van der Waals surface area (Å²) in [4.78, 5) is 10.3. The molecule has 3 nitrogen and oxygen atoms in total. The van der Waals surface area contributed by atoms with Gasteiger partial charge < -0.3 is 14.6 Å². The van der Waals surface area contributed by atoms with Gasteiger partial charge in [-0.3, -0.25) is 0 Å². The third kappa shape index (κ3) is 2.29. The van der Waals surface area contributed by atoms with Gasteiger partial charge in [-0.15, -0.1) is 0 Å². The van der Waals surface area contributed by atoms with Crippen molar-refractivity contribution in [2.75, 3.05) is 6.61 Å². The van der Waals surface area contributed by atoms with Crippen LogP contribution in [0.4, 0.5) is 0 Å². The third-order valence-electron chi connectivity index (χ3n) is 2.70. The molecule has 3 heteroatoms. The molecule has 1 aromatic rings. The number of benzene rings is 1. The lowest BCUT2D eigenvalue weighted by atomic mass is 9.91. The average Bonchev–Trinajstić information content (AvgIpc) is 2.26. The number of ether oxygens (including phenoxy) is 1. The Morgan fingerprint density at radius 2 is 2.13 bits per heavy atom. The molecule has 0 aromatic heterocycles. The van der Waals surface area contributed by atoms with Gasteiger partial charge >= 0.3 is 0 Å². The van der Waals surface area contributed by atoms with E-state index >= 15 is 0 Å². The summed E-state index contributed by atoms with van der Waals surface area (Å²) in [6, 6.07) is 5.82. The van der Waals surface area contributed by atoms with E-state index in [-0.39, 0.29) is 6.61 Å². The zero-order chi connectivity index (χ0) is 10.7. The van der Waals surface area contributed by atoms with Crippen molar-refractivity contribution in [3.05, 3.63) is 29.3 Å². The predicted octanol–water partition coefficient (Wildman–Crippen LogP) is 0.694. The van der Waals surface area contributed by atoms with Gasteiger partial charge in [0, 0.05) is 0 Å². The van der Waals surface area contributed by atoms with Crippen molar-refractivity contribution in [1.82, 2.24) is 0 Å². The number of carbonyl (C=O) groups excluding carboxylic acids is 1. The summed E-state index contributed by atoms with van der Waals surface area (Å²) in [6.07, 6.45) is 4.41. The Hall–Kier alpha value is -1.51. The zero-order valence-corrected chi connectivity index (χ0v) is 8.49. The van der Waals surface area contributed by atoms with Crippen molar-refractivity contribution in [3.63, 3.8) is 0 Å². The summed E-state index contributed by atoms with van der Waals surface area (Å²) in [7, 11) is 0. The van der Waals surface area contributed by atoms with E-state index in [0.717, 1.165) is 19.3 Å². The van der Waals surface area contributed by atoms with Crippen molar-refractivity contribution in [2.24, 2.45) is 0 Å². The highest BCUT2D eigenvalue weighted by atomic mass is 16.5. The fourth-order valence-corrected chi connectivity index (χ4v) is 2.02. The molecule has 80 valence electrons. The molecular weight excluding hydrogens is 192 g/mol. The predicted molar refractivity (Wildman–Crippen MR) is 53.6 cm³/mol. The average molecular weight is 205 g/mol. The maximum Gasteiger partial charge on any atom is 0.128 e. The van der Waals surface area contributed by atoms with Gasteiger partial charge in [-0.25, -0.2) is 0 Å². The zero-order valence-electron chi connectivity index (χ0n) is 8.49. The SMILES string of the molecule is O=C([O-])COc1cccc2c1CCCC2. The van der Waals surface area contributed by atoms with Crippen LogP contribution in [0, 0.1) is 0 Å². The van der Waals surface area contributed by atoms with Crippen LogP contribution in [0.1, 0.15) is 24.0 Å². The van der Waals surface area contributed by atoms with E-state index in [0.29, 0.717) is 5.75 Å². The first kappa shape index (κ1) is 10.0. The van der Waals surface area contributed by atoms with Crippen LogP contribution in [-0.4, -0.2) is 12.6 Å². The highest BCUT2D eigenvalue weighted by Gasteiger charge is 2.13. The second-order valence-corrected chi connectivity index (χ2v) is 3.76. The minimum absolute atomic E-state index is 0.365. The second-order valence-electron chi connectivity index (χ2n) is 3.76. The summed E-state index contributed by atoms with van der Waals surface area (Å²) in [5.74, 6) is -0.472. The molecule has 0 heterocycles. The molecule has 1 aromatic carbocycles. The van der Waals surface area contributed by atoms with Crippen molar-refractivity contribution in [3.8, 4) is 5.75 Å². The lowest BCUT2D eigenvalue weighted by molar-refractivity contribution is -0.307. The molecule has 0 amide bonds. The summed E-state index contributed by atoms with van der Waals surface area (Å²) in [5, 5.41) is 10.3. The first-order valence-electron chi connectivity index (χ1n) is 5.21. The molecule has 0 saturated carbocycles. The molecule has 0 bridgehead atoms. The molecule has 0 saturated heterocycles. The Kier molecular flexibility index (Phi) is 2.90. The smallest absolute Gasteiger partial charge is 0.128 e. The number of aliphatic carboxylic acids is 1. The molecule has 15 heavy (non-hydrogen) atoms. The molecule has 0 aliphatic heterocycles. The summed E-state index contributed by atoms with van der Waals surface area (Å²) in [6.45, 7) is -0.365. The van der Waals surface area contributed by atoms with E-state index in [4.69, 9.17) is 4.74 Å². The number of fused-ring (bicyclic) bond motifs is 1. The Bertz CT molecular complexity index is 371. The van der Waals surface area contributed by atoms with Gasteiger partial charge in [-0.05, 0) is 42.9 Å². The van der Waals surface area contributed by atoms with E-state index in [2.05, 4.69) is 6.07 Å². The lowest BCUT2D eigenvalue weighted by Gasteiger charge is -2.19. The molecule has 1 aliphatic rings. The summed E-state index contributed by atoms with van der Waals surface area (Å²) < 4.78 is 5.20.